The summed E-state index contributed by atoms with van der Waals surface area (Å²) in [6.45, 7) is 0. The van der Waals surface area contributed by atoms with Gasteiger partial charge in [-0.25, -0.2) is 13.2 Å². The molecule has 0 aliphatic carbocycles. The largest absolute Gasteiger partial charge is 0.449 e. The SMILES string of the molecule is O=C(CCc1cc(F)c(F)cc1F)C(F)(F)F. The molecule has 0 aliphatic heterocycles. The molecule has 0 saturated heterocycles. The second-order valence-electron chi connectivity index (χ2n) is 3.28. The molecule has 0 heterocycles. The van der Waals surface area contributed by atoms with E-state index in [9.17, 15) is 31.1 Å². The van der Waals surface area contributed by atoms with Crippen molar-refractivity contribution in [3.05, 3.63) is 35.1 Å². The number of ketones is 1. The van der Waals surface area contributed by atoms with Crippen molar-refractivity contribution in [3.63, 3.8) is 0 Å². The lowest BCUT2D eigenvalue weighted by atomic mass is 10.1. The average molecular weight is 256 g/mol. The quantitative estimate of drug-likeness (QED) is 0.599. The molecule has 0 bridgehead atoms. The van der Waals surface area contributed by atoms with Crippen molar-refractivity contribution in [2.75, 3.05) is 0 Å². The third kappa shape index (κ3) is 3.47. The summed E-state index contributed by atoms with van der Waals surface area (Å²) in [5.74, 6) is -6.03. The minimum absolute atomic E-state index is 0.225. The van der Waals surface area contributed by atoms with Crippen LogP contribution in [0.5, 0.6) is 0 Å². The van der Waals surface area contributed by atoms with Crippen LogP contribution in [-0.4, -0.2) is 12.0 Å². The van der Waals surface area contributed by atoms with E-state index < -0.39 is 47.8 Å². The van der Waals surface area contributed by atoms with Gasteiger partial charge in [-0.3, -0.25) is 4.79 Å². The molecule has 0 amide bonds. The number of carbonyl (C=O) groups is 1. The monoisotopic (exact) mass is 256 g/mol. The molecule has 0 aromatic heterocycles. The summed E-state index contributed by atoms with van der Waals surface area (Å²) in [5.41, 5.74) is -0.471. The molecule has 0 saturated carbocycles. The van der Waals surface area contributed by atoms with Crippen LogP contribution < -0.4 is 0 Å². The Labute approximate surface area is 92.0 Å². The van der Waals surface area contributed by atoms with Crippen molar-refractivity contribution in [1.29, 1.82) is 0 Å². The van der Waals surface area contributed by atoms with Crippen LogP contribution in [0.1, 0.15) is 12.0 Å². The zero-order valence-corrected chi connectivity index (χ0v) is 8.24. The van der Waals surface area contributed by atoms with Crippen LogP contribution in [0.3, 0.4) is 0 Å². The lowest BCUT2D eigenvalue weighted by Crippen LogP contribution is -2.23. The van der Waals surface area contributed by atoms with Gasteiger partial charge in [0, 0.05) is 12.5 Å². The molecule has 0 unspecified atom stereocenters. The molecular formula is C10H6F6O. The Balaban J connectivity index is 2.77. The fourth-order valence-electron chi connectivity index (χ4n) is 1.15. The minimum atomic E-state index is -5.00. The first-order chi connectivity index (χ1) is 7.71. The Hall–Kier alpha value is -1.53. The average Bonchev–Trinajstić information content (AvgIpc) is 2.19. The molecule has 1 aromatic carbocycles. The van der Waals surface area contributed by atoms with Crippen LogP contribution in [0.15, 0.2) is 12.1 Å². The highest BCUT2D eigenvalue weighted by Crippen LogP contribution is 2.21. The number of halogens is 6. The summed E-state index contributed by atoms with van der Waals surface area (Å²) in [5, 5.41) is 0. The van der Waals surface area contributed by atoms with E-state index in [0.717, 1.165) is 0 Å². The molecule has 0 fully saturated rings. The highest BCUT2D eigenvalue weighted by molar-refractivity contribution is 5.84. The Morgan fingerprint density at radius 3 is 2.06 bits per heavy atom. The van der Waals surface area contributed by atoms with Gasteiger partial charge in [0.1, 0.15) is 5.82 Å². The molecule has 94 valence electrons. The summed E-state index contributed by atoms with van der Waals surface area (Å²) in [6.07, 6.45) is -6.65. The molecule has 0 spiro atoms. The maximum atomic E-state index is 13.0. The first-order valence-corrected chi connectivity index (χ1v) is 4.45. The van der Waals surface area contributed by atoms with Crippen LogP contribution >= 0.6 is 0 Å². The van der Waals surface area contributed by atoms with E-state index >= 15 is 0 Å². The van der Waals surface area contributed by atoms with Crippen molar-refractivity contribution in [1.82, 2.24) is 0 Å². The van der Waals surface area contributed by atoms with Gasteiger partial charge >= 0.3 is 6.18 Å². The van der Waals surface area contributed by atoms with Gasteiger partial charge in [-0.1, -0.05) is 0 Å². The zero-order chi connectivity index (χ0) is 13.2. The molecule has 0 aliphatic rings. The standard InChI is InChI=1S/C10H6F6O/c11-6-4-8(13)7(12)3-5(6)1-2-9(17)10(14,15)16/h3-4H,1-2H2. The predicted molar refractivity (Wildman–Crippen MR) is 45.7 cm³/mol. The van der Waals surface area contributed by atoms with Crippen LogP contribution in [0.2, 0.25) is 0 Å². The maximum Gasteiger partial charge on any atom is 0.449 e. The van der Waals surface area contributed by atoms with E-state index in [-0.39, 0.29) is 6.07 Å². The summed E-state index contributed by atoms with van der Waals surface area (Å²) >= 11 is 0. The van der Waals surface area contributed by atoms with Gasteiger partial charge in [0.2, 0.25) is 5.78 Å². The number of benzene rings is 1. The first kappa shape index (κ1) is 13.5. The molecule has 1 rings (SSSR count). The highest BCUT2D eigenvalue weighted by atomic mass is 19.4. The Bertz CT molecular complexity index is 437. The first-order valence-electron chi connectivity index (χ1n) is 4.45. The van der Waals surface area contributed by atoms with Crippen LogP contribution in [0.25, 0.3) is 0 Å². The third-order valence-corrected chi connectivity index (χ3v) is 2.03. The number of alkyl halides is 3. The van der Waals surface area contributed by atoms with Gasteiger partial charge in [-0.15, -0.1) is 0 Å². The van der Waals surface area contributed by atoms with Gasteiger partial charge in [0.05, 0.1) is 0 Å². The van der Waals surface area contributed by atoms with Crippen molar-refractivity contribution in [2.45, 2.75) is 19.0 Å². The van der Waals surface area contributed by atoms with Gasteiger partial charge < -0.3 is 0 Å². The summed E-state index contributed by atoms with van der Waals surface area (Å²) in [4.78, 5) is 10.5. The van der Waals surface area contributed by atoms with Crippen molar-refractivity contribution < 1.29 is 31.1 Å². The summed E-state index contributed by atoms with van der Waals surface area (Å²) in [6, 6.07) is 0.664. The second kappa shape index (κ2) is 4.77. The molecule has 1 nitrogen and oxygen atoms in total. The second-order valence-corrected chi connectivity index (χ2v) is 3.28. The molecule has 0 N–H and O–H groups in total. The zero-order valence-electron chi connectivity index (χ0n) is 8.24. The smallest absolute Gasteiger partial charge is 0.290 e. The summed E-state index contributed by atoms with van der Waals surface area (Å²) < 4.78 is 73.6. The van der Waals surface area contributed by atoms with Crippen LogP contribution in [0, 0.1) is 17.5 Å². The topological polar surface area (TPSA) is 17.1 Å². The van der Waals surface area contributed by atoms with E-state index in [2.05, 4.69) is 0 Å². The number of carbonyl (C=O) groups excluding carboxylic acids is 1. The third-order valence-electron chi connectivity index (χ3n) is 2.03. The maximum absolute atomic E-state index is 13.0. The molecular weight excluding hydrogens is 250 g/mol. The van der Waals surface area contributed by atoms with Crippen LogP contribution in [-0.2, 0) is 11.2 Å². The highest BCUT2D eigenvalue weighted by Gasteiger charge is 2.37. The van der Waals surface area contributed by atoms with E-state index in [1.165, 1.54) is 0 Å². The molecule has 7 heteroatoms. The number of Topliss-reactive ketones (excluding diaryl/α,β-unsaturated/α-hetero) is 1. The van der Waals surface area contributed by atoms with Gasteiger partial charge in [0.15, 0.2) is 11.6 Å². The van der Waals surface area contributed by atoms with Crippen molar-refractivity contribution in [2.24, 2.45) is 0 Å². The van der Waals surface area contributed by atoms with E-state index in [4.69, 9.17) is 0 Å². The lowest BCUT2D eigenvalue weighted by Gasteiger charge is -2.06. The molecule has 17 heavy (non-hydrogen) atoms. The molecule has 1 aromatic rings. The Kier molecular flexibility index (Phi) is 3.79. The molecule has 0 atom stereocenters. The van der Waals surface area contributed by atoms with Crippen molar-refractivity contribution in [3.8, 4) is 0 Å². The predicted octanol–water partition coefficient (Wildman–Crippen LogP) is 3.17. The fourth-order valence-corrected chi connectivity index (χ4v) is 1.15. The lowest BCUT2D eigenvalue weighted by molar-refractivity contribution is -0.171. The van der Waals surface area contributed by atoms with E-state index in [0.29, 0.717) is 6.07 Å². The Morgan fingerprint density at radius 1 is 1.00 bits per heavy atom. The Morgan fingerprint density at radius 2 is 1.53 bits per heavy atom. The summed E-state index contributed by atoms with van der Waals surface area (Å²) in [7, 11) is 0. The normalized spacial score (nSPS) is 11.6. The fraction of sp³-hybridized carbons (Fsp3) is 0.300. The van der Waals surface area contributed by atoms with Gasteiger partial charge in [-0.2, -0.15) is 13.2 Å². The van der Waals surface area contributed by atoms with Gasteiger partial charge in [-0.05, 0) is 18.1 Å². The van der Waals surface area contributed by atoms with Gasteiger partial charge in [0.25, 0.3) is 0 Å². The minimum Gasteiger partial charge on any atom is -0.290 e. The van der Waals surface area contributed by atoms with E-state index in [1.54, 1.807) is 0 Å². The number of hydrogen-bond acceptors (Lipinski definition) is 1. The number of rotatable bonds is 3. The number of hydrogen-bond donors (Lipinski definition) is 0. The number of aryl methyl sites for hydroxylation is 1. The molecule has 0 radical (unpaired) electrons. The van der Waals surface area contributed by atoms with Crippen molar-refractivity contribution >= 4 is 5.78 Å². The van der Waals surface area contributed by atoms with Crippen LogP contribution in [0.4, 0.5) is 26.3 Å². The van der Waals surface area contributed by atoms with E-state index in [1.807, 2.05) is 0 Å².